The standard InChI is InChI=1S/C11H21NO3/c1-4-14-10(15-5-2)7-12-11(13)9-6-8(9)3/h8-10H,4-7H2,1-3H3,(H,12,13). The largest absolute Gasteiger partial charge is 0.351 e. The number of ether oxygens (including phenoxy) is 2. The lowest BCUT2D eigenvalue weighted by molar-refractivity contribution is -0.141. The quantitative estimate of drug-likeness (QED) is 0.648. The van der Waals surface area contributed by atoms with Crippen LogP contribution in [0.2, 0.25) is 0 Å². The van der Waals surface area contributed by atoms with Gasteiger partial charge in [-0.15, -0.1) is 0 Å². The lowest BCUT2D eigenvalue weighted by atomic mass is 10.3. The van der Waals surface area contributed by atoms with E-state index in [9.17, 15) is 4.79 Å². The van der Waals surface area contributed by atoms with Gasteiger partial charge in [0.05, 0.1) is 6.54 Å². The Morgan fingerprint density at radius 1 is 1.40 bits per heavy atom. The van der Waals surface area contributed by atoms with Crippen LogP contribution in [0.25, 0.3) is 0 Å². The van der Waals surface area contributed by atoms with E-state index in [2.05, 4.69) is 12.2 Å². The summed E-state index contributed by atoms with van der Waals surface area (Å²) in [5, 5.41) is 2.86. The highest BCUT2D eigenvalue weighted by Crippen LogP contribution is 2.37. The Kier molecular flexibility index (Phi) is 5.05. The van der Waals surface area contributed by atoms with Crippen LogP contribution in [0.4, 0.5) is 0 Å². The van der Waals surface area contributed by atoms with E-state index < -0.39 is 0 Å². The van der Waals surface area contributed by atoms with Crippen LogP contribution in [0.3, 0.4) is 0 Å². The summed E-state index contributed by atoms with van der Waals surface area (Å²) < 4.78 is 10.6. The zero-order chi connectivity index (χ0) is 11.3. The molecule has 0 spiro atoms. The van der Waals surface area contributed by atoms with Crippen molar-refractivity contribution in [3.63, 3.8) is 0 Å². The maximum absolute atomic E-state index is 11.5. The second kappa shape index (κ2) is 6.08. The van der Waals surface area contributed by atoms with Crippen LogP contribution < -0.4 is 5.32 Å². The molecule has 4 nitrogen and oxygen atoms in total. The minimum absolute atomic E-state index is 0.131. The van der Waals surface area contributed by atoms with Crippen LogP contribution in [0, 0.1) is 11.8 Å². The fraction of sp³-hybridized carbons (Fsp3) is 0.909. The molecular formula is C11H21NO3. The highest BCUT2D eigenvalue weighted by atomic mass is 16.7. The van der Waals surface area contributed by atoms with Gasteiger partial charge < -0.3 is 14.8 Å². The van der Waals surface area contributed by atoms with Gasteiger partial charge in [-0.3, -0.25) is 4.79 Å². The van der Waals surface area contributed by atoms with Crippen molar-refractivity contribution >= 4 is 5.91 Å². The molecule has 0 aliphatic heterocycles. The van der Waals surface area contributed by atoms with Gasteiger partial charge in [-0.1, -0.05) is 6.92 Å². The van der Waals surface area contributed by atoms with Crippen molar-refractivity contribution in [2.24, 2.45) is 11.8 Å². The lowest BCUT2D eigenvalue weighted by Gasteiger charge is -2.17. The number of carbonyl (C=O) groups is 1. The minimum Gasteiger partial charge on any atom is -0.351 e. The summed E-state index contributed by atoms with van der Waals surface area (Å²) in [6.45, 7) is 7.56. The van der Waals surface area contributed by atoms with Crippen LogP contribution in [0.1, 0.15) is 27.2 Å². The van der Waals surface area contributed by atoms with Gasteiger partial charge in [-0.05, 0) is 26.2 Å². The normalized spacial score (nSPS) is 24.3. The summed E-state index contributed by atoms with van der Waals surface area (Å²) in [6.07, 6.45) is 0.706. The number of nitrogens with one attached hydrogen (secondary N) is 1. The van der Waals surface area contributed by atoms with Crippen molar-refractivity contribution in [3.8, 4) is 0 Å². The molecule has 88 valence electrons. The van der Waals surface area contributed by atoms with Gasteiger partial charge in [-0.25, -0.2) is 0 Å². The first kappa shape index (κ1) is 12.5. The Bertz CT molecular complexity index is 202. The van der Waals surface area contributed by atoms with Gasteiger partial charge in [0.25, 0.3) is 0 Å². The van der Waals surface area contributed by atoms with Gasteiger partial charge in [0.1, 0.15) is 0 Å². The van der Waals surface area contributed by atoms with E-state index in [1.54, 1.807) is 0 Å². The summed E-state index contributed by atoms with van der Waals surface area (Å²) >= 11 is 0. The van der Waals surface area contributed by atoms with E-state index in [4.69, 9.17) is 9.47 Å². The molecule has 1 saturated carbocycles. The molecule has 0 radical (unpaired) electrons. The summed E-state index contributed by atoms with van der Waals surface area (Å²) in [4.78, 5) is 11.5. The fourth-order valence-electron chi connectivity index (χ4n) is 1.54. The Morgan fingerprint density at radius 2 is 1.93 bits per heavy atom. The van der Waals surface area contributed by atoms with Gasteiger partial charge in [-0.2, -0.15) is 0 Å². The molecule has 1 fully saturated rings. The first-order valence-electron chi connectivity index (χ1n) is 5.69. The van der Waals surface area contributed by atoms with Crippen LogP contribution in [-0.2, 0) is 14.3 Å². The first-order valence-corrected chi connectivity index (χ1v) is 5.69. The molecule has 0 aromatic rings. The van der Waals surface area contributed by atoms with Gasteiger partial charge in [0.2, 0.25) is 5.91 Å². The van der Waals surface area contributed by atoms with Gasteiger partial charge in [0, 0.05) is 19.1 Å². The van der Waals surface area contributed by atoms with E-state index in [0.29, 0.717) is 25.7 Å². The van der Waals surface area contributed by atoms with Gasteiger partial charge >= 0.3 is 0 Å². The van der Waals surface area contributed by atoms with Crippen molar-refractivity contribution in [3.05, 3.63) is 0 Å². The Labute approximate surface area is 91.3 Å². The Morgan fingerprint density at radius 3 is 2.33 bits per heavy atom. The van der Waals surface area contributed by atoms with Crippen molar-refractivity contribution in [2.75, 3.05) is 19.8 Å². The van der Waals surface area contributed by atoms with Crippen LogP contribution in [0.5, 0.6) is 0 Å². The van der Waals surface area contributed by atoms with Crippen LogP contribution in [0.15, 0.2) is 0 Å². The smallest absolute Gasteiger partial charge is 0.223 e. The third kappa shape index (κ3) is 4.18. The second-order valence-corrected chi connectivity index (χ2v) is 3.90. The maximum Gasteiger partial charge on any atom is 0.223 e. The Hall–Kier alpha value is -0.610. The SMILES string of the molecule is CCOC(CNC(=O)C1CC1C)OCC. The van der Waals surface area contributed by atoms with E-state index in [1.807, 2.05) is 13.8 Å². The van der Waals surface area contributed by atoms with Crippen molar-refractivity contribution in [1.29, 1.82) is 0 Å². The number of rotatable bonds is 7. The van der Waals surface area contributed by atoms with Crippen LogP contribution >= 0.6 is 0 Å². The molecule has 4 heteroatoms. The number of hydrogen-bond donors (Lipinski definition) is 1. The second-order valence-electron chi connectivity index (χ2n) is 3.90. The van der Waals surface area contributed by atoms with E-state index in [0.717, 1.165) is 6.42 Å². The molecule has 1 rings (SSSR count). The molecule has 0 aromatic heterocycles. The van der Waals surface area contributed by atoms with Crippen molar-refractivity contribution < 1.29 is 14.3 Å². The molecule has 1 aliphatic rings. The molecular weight excluding hydrogens is 194 g/mol. The predicted octanol–water partition coefficient (Wildman–Crippen LogP) is 1.16. The molecule has 15 heavy (non-hydrogen) atoms. The van der Waals surface area contributed by atoms with E-state index in [1.165, 1.54) is 0 Å². The average molecular weight is 215 g/mol. The zero-order valence-electron chi connectivity index (χ0n) is 9.79. The minimum atomic E-state index is -0.307. The average Bonchev–Trinajstić information content (AvgIpc) is 2.92. The predicted molar refractivity (Wildman–Crippen MR) is 57.3 cm³/mol. The monoisotopic (exact) mass is 215 g/mol. The number of carbonyl (C=O) groups excluding carboxylic acids is 1. The molecule has 2 unspecified atom stereocenters. The maximum atomic E-state index is 11.5. The third-order valence-corrected chi connectivity index (χ3v) is 2.59. The summed E-state index contributed by atoms with van der Waals surface area (Å²) in [6, 6.07) is 0. The van der Waals surface area contributed by atoms with E-state index >= 15 is 0 Å². The number of amides is 1. The summed E-state index contributed by atoms with van der Waals surface area (Å²) in [5.41, 5.74) is 0. The molecule has 0 aromatic carbocycles. The highest BCUT2D eigenvalue weighted by Gasteiger charge is 2.39. The summed E-state index contributed by atoms with van der Waals surface area (Å²) in [7, 11) is 0. The molecule has 0 heterocycles. The zero-order valence-corrected chi connectivity index (χ0v) is 9.79. The molecule has 0 saturated heterocycles. The molecule has 1 aliphatic carbocycles. The molecule has 1 N–H and O–H groups in total. The van der Waals surface area contributed by atoms with Crippen molar-refractivity contribution in [2.45, 2.75) is 33.5 Å². The van der Waals surface area contributed by atoms with Crippen molar-refractivity contribution in [1.82, 2.24) is 5.32 Å². The van der Waals surface area contributed by atoms with Crippen LogP contribution in [-0.4, -0.2) is 32.0 Å². The van der Waals surface area contributed by atoms with E-state index in [-0.39, 0.29) is 18.1 Å². The topological polar surface area (TPSA) is 47.6 Å². The fourth-order valence-corrected chi connectivity index (χ4v) is 1.54. The number of hydrogen-bond acceptors (Lipinski definition) is 3. The highest BCUT2D eigenvalue weighted by molar-refractivity contribution is 5.81. The third-order valence-electron chi connectivity index (χ3n) is 2.59. The lowest BCUT2D eigenvalue weighted by Crippen LogP contribution is -2.36. The molecule has 1 amide bonds. The molecule has 2 atom stereocenters. The Balaban J connectivity index is 2.17. The van der Waals surface area contributed by atoms with Gasteiger partial charge in [0.15, 0.2) is 6.29 Å². The first-order chi connectivity index (χ1) is 7.19. The molecule has 0 bridgehead atoms. The summed E-state index contributed by atoms with van der Waals surface area (Å²) in [5.74, 6) is 0.892.